The van der Waals surface area contributed by atoms with E-state index in [0.29, 0.717) is 0 Å². The highest BCUT2D eigenvalue weighted by Gasteiger charge is 2.09. The Morgan fingerprint density at radius 1 is 1.29 bits per heavy atom. The van der Waals surface area contributed by atoms with Gasteiger partial charge in [-0.25, -0.2) is 0 Å². The minimum Gasteiger partial charge on any atom is -0.356 e. The molecule has 0 radical (unpaired) electrons. The summed E-state index contributed by atoms with van der Waals surface area (Å²) in [5.74, 6) is 0.238. The summed E-state index contributed by atoms with van der Waals surface area (Å²) in [6.45, 7) is 5.71. The van der Waals surface area contributed by atoms with Crippen LogP contribution in [0.25, 0.3) is 0 Å². The average molecular weight is 200 g/mol. The largest absolute Gasteiger partial charge is 0.356 e. The van der Waals surface area contributed by atoms with Crippen LogP contribution in [0, 0.1) is 5.92 Å². The second-order valence-electron chi connectivity index (χ2n) is 3.81. The SMILES string of the molecule is CCCCCCNC(=O)C(C)CNC. The Labute approximate surface area is 87.6 Å². The summed E-state index contributed by atoms with van der Waals surface area (Å²) in [5.41, 5.74) is 0. The van der Waals surface area contributed by atoms with Crippen LogP contribution >= 0.6 is 0 Å². The van der Waals surface area contributed by atoms with Crippen LogP contribution in [0.4, 0.5) is 0 Å². The van der Waals surface area contributed by atoms with Crippen molar-refractivity contribution in [3.63, 3.8) is 0 Å². The van der Waals surface area contributed by atoms with E-state index in [9.17, 15) is 4.79 Å². The summed E-state index contributed by atoms with van der Waals surface area (Å²) in [6.07, 6.45) is 4.83. The molecule has 0 aliphatic rings. The Kier molecular flexibility index (Phi) is 8.64. The number of carbonyl (C=O) groups excluding carboxylic acids is 1. The van der Waals surface area contributed by atoms with Gasteiger partial charge in [0.2, 0.25) is 5.91 Å². The summed E-state index contributed by atoms with van der Waals surface area (Å²) < 4.78 is 0. The van der Waals surface area contributed by atoms with Crippen LogP contribution in [0.5, 0.6) is 0 Å². The normalized spacial score (nSPS) is 12.5. The molecular formula is C11H24N2O. The van der Waals surface area contributed by atoms with E-state index >= 15 is 0 Å². The highest BCUT2D eigenvalue weighted by atomic mass is 16.1. The van der Waals surface area contributed by atoms with Crippen molar-refractivity contribution in [2.24, 2.45) is 5.92 Å². The Morgan fingerprint density at radius 3 is 2.57 bits per heavy atom. The predicted molar refractivity (Wildman–Crippen MR) is 60.2 cm³/mol. The van der Waals surface area contributed by atoms with Gasteiger partial charge in [-0.3, -0.25) is 4.79 Å². The fourth-order valence-electron chi connectivity index (χ4n) is 1.34. The number of rotatable bonds is 8. The maximum atomic E-state index is 11.4. The van der Waals surface area contributed by atoms with Crippen molar-refractivity contribution in [2.45, 2.75) is 39.5 Å². The summed E-state index contributed by atoms with van der Waals surface area (Å²) >= 11 is 0. The molecule has 1 amide bonds. The van der Waals surface area contributed by atoms with Gasteiger partial charge < -0.3 is 10.6 Å². The van der Waals surface area contributed by atoms with Crippen molar-refractivity contribution in [1.82, 2.24) is 10.6 Å². The molecule has 14 heavy (non-hydrogen) atoms. The number of carbonyl (C=O) groups is 1. The predicted octanol–water partition coefficient (Wildman–Crippen LogP) is 1.54. The van der Waals surface area contributed by atoms with Gasteiger partial charge in [-0.15, -0.1) is 0 Å². The second-order valence-corrected chi connectivity index (χ2v) is 3.81. The molecule has 0 aromatic carbocycles. The Bertz CT molecular complexity index is 148. The van der Waals surface area contributed by atoms with E-state index < -0.39 is 0 Å². The van der Waals surface area contributed by atoms with Gasteiger partial charge in [0, 0.05) is 19.0 Å². The van der Waals surface area contributed by atoms with Gasteiger partial charge >= 0.3 is 0 Å². The van der Waals surface area contributed by atoms with Crippen molar-refractivity contribution in [3.05, 3.63) is 0 Å². The van der Waals surface area contributed by atoms with Gasteiger partial charge in [-0.2, -0.15) is 0 Å². The van der Waals surface area contributed by atoms with Crippen molar-refractivity contribution in [2.75, 3.05) is 20.1 Å². The molecule has 0 bridgehead atoms. The molecule has 0 aliphatic carbocycles. The number of hydrogen-bond acceptors (Lipinski definition) is 2. The summed E-state index contributed by atoms with van der Waals surface area (Å²) in [7, 11) is 1.87. The number of unbranched alkanes of at least 4 members (excludes halogenated alkanes) is 3. The molecule has 84 valence electrons. The molecule has 1 atom stereocenters. The molecule has 3 nitrogen and oxygen atoms in total. The molecule has 0 aliphatic heterocycles. The Balaban J connectivity index is 3.34. The smallest absolute Gasteiger partial charge is 0.224 e. The minimum atomic E-state index is 0.0752. The Morgan fingerprint density at radius 2 is 2.00 bits per heavy atom. The quantitative estimate of drug-likeness (QED) is 0.584. The van der Waals surface area contributed by atoms with Crippen LogP contribution in [0.3, 0.4) is 0 Å². The lowest BCUT2D eigenvalue weighted by molar-refractivity contribution is -0.124. The summed E-state index contributed by atoms with van der Waals surface area (Å²) in [5, 5.41) is 5.95. The van der Waals surface area contributed by atoms with Gasteiger partial charge in [0.05, 0.1) is 0 Å². The van der Waals surface area contributed by atoms with Crippen LogP contribution in [-0.4, -0.2) is 26.0 Å². The standard InChI is InChI=1S/C11H24N2O/c1-4-5-6-7-8-13-11(14)10(2)9-12-3/h10,12H,4-9H2,1-3H3,(H,13,14). The van der Waals surface area contributed by atoms with Crippen LogP contribution in [0.1, 0.15) is 39.5 Å². The average Bonchev–Trinajstić information content (AvgIpc) is 2.17. The third-order valence-corrected chi connectivity index (χ3v) is 2.29. The first-order valence-electron chi connectivity index (χ1n) is 5.64. The van der Waals surface area contributed by atoms with E-state index in [2.05, 4.69) is 17.6 Å². The van der Waals surface area contributed by atoms with Gasteiger partial charge in [0.15, 0.2) is 0 Å². The maximum absolute atomic E-state index is 11.4. The monoisotopic (exact) mass is 200 g/mol. The number of nitrogens with one attached hydrogen (secondary N) is 2. The highest BCUT2D eigenvalue weighted by Crippen LogP contribution is 1.98. The topological polar surface area (TPSA) is 41.1 Å². The molecule has 0 heterocycles. The molecule has 0 saturated carbocycles. The van der Waals surface area contributed by atoms with Crippen molar-refractivity contribution >= 4 is 5.91 Å². The summed E-state index contributed by atoms with van der Waals surface area (Å²) in [4.78, 5) is 11.4. The van der Waals surface area contributed by atoms with E-state index in [1.165, 1.54) is 19.3 Å². The van der Waals surface area contributed by atoms with Crippen LogP contribution in [0.15, 0.2) is 0 Å². The summed E-state index contributed by atoms with van der Waals surface area (Å²) in [6, 6.07) is 0. The van der Waals surface area contributed by atoms with E-state index in [1.54, 1.807) is 0 Å². The van der Waals surface area contributed by atoms with Gasteiger partial charge in [0.1, 0.15) is 0 Å². The highest BCUT2D eigenvalue weighted by molar-refractivity contribution is 5.78. The third kappa shape index (κ3) is 6.89. The van der Waals surface area contributed by atoms with E-state index in [0.717, 1.165) is 19.5 Å². The molecule has 0 saturated heterocycles. The molecule has 0 fully saturated rings. The first-order valence-corrected chi connectivity index (χ1v) is 5.64. The van der Waals surface area contributed by atoms with Gasteiger partial charge in [-0.05, 0) is 13.5 Å². The zero-order chi connectivity index (χ0) is 10.8. The lowest BCUT2D eigenvalue weighted by atomic mass is 10.1. The van der Waals surface area contributed by atoms with Gasteiger partial charge in [-0.1, -0.05) is 33.1 Å². The van der Waals surface area contributed by atoms with E-state index in [1.807, 2.05) is 14.0 Å². The first-order chi connectivity index (χ1) is 6.72. The lowest BCUT2D eigenvalue weighted by Gasteiger charge is -2.11. The molecule has 2 N–H and O–H groups in total. The fourth-order valence-corrected chi connectivity index (χ4v) is 1.34. The lowest BCUT2D eigenvalue weighted by Crippen LogP contribution is -2.34. The minimum absolute atomic E-state index is 0.0752. The van der Waals surface area contributed by atoms with Gasteiger partial charge in [0.25, 0.3) is 0 Å². The maximum Gasteiger partial charge on any atom is 0.224 e. The Hall–Kier alpha value is -0.570. The molecule has 1 unspecified atom stereocenters. The second kappa shape index (κ2) is 9.00. The fraction of sp³-hybridized carbons (Fsp3) is 0.909. The number of amides is 1. The van der Waals surface area contributed by atoms with Crippen molar-refractivity contribution in [1.29, 1.82) is 0 Å². The zero-order valence-electron chi connectivity index (χ0n) is 9.73. The van der Waals surface area contributed by atoms with Crippen LogP contribution in [-0.2, 0) is 4.79 Å². The van der Waals surface area contributed by atoms with E-state index in [4.69, 9.17) is 0 Å². The van der Waals surface area contributed by atoms with Crippen molar-refractivity contribution < 1.29 is 4.79 Å². The van der Waals surface area contributed by atoms with Crippen LogP contribution < -0.4 is 10.6 Å². The molecule has 3 heteroatoms. The molecule has 0 aromatic rings. The first kappa shape index (κ1) is 13.4. The van der Waals surface area contributed by atoms with E-state index in [-0.39, 0.29) is 11.8 Å². The molecular weight excluding hydrogens is 176 g/mol. The molecule has 0 aromatic heterocycles. The molecule has 0 rings (SSSR count). The number of hydrogen-bond donors (Lipinski definition) is 2. The van der Waals surface area contributed by atoms with Crippen molar-refractivity contribution in [3.8, 4) is 0 Å². The molecule has 0 spiro atoms. The van der Waals surface area contributed by atoms with Crippen LogP contribution in [0.2, 0.25) is 0 Å². The third-order valence-electron chi connectivity index (χ3n) is 2.29. The zero-order valence-corrected chi connectivity index (χ0v) is 9.73.